The molecular weight excluding hydrogens is 506 g/mol. The molecule has 2 rings (SSSR count). The van der Waals surface area contributed by atoms with E-state index >= 15 is 0 Å². The van der Waals surface area contributed by atoms with Crippen LogP contribution in [-0.2, 0) is 6.54 Å². The van der Waals surface area contributed by atoms with E-state index in [9.17, 15) is 0 Å². The van der Waals surface area contributed by atoms with Crippen molar-refractivity contribution < 1.29 is 0 Å². The van der Waals surface area contributed by atoms with Gasteiger partial charge in [-0.25, -0.2) is 15.0 Å². The molecule has 10 heteroatoms. The molecule has 0 aliphatic rings. The second-order valence-corrected chi connectivity index (χ2v) is 7.41. The fraction of sp³-hybridized carbons (Fsp3) is 0.438. The quantitative estimate of drug-likeness (QED) is 0.217. The first-order valence-corrected chi connectivity index (χ1v) is 9.56. The van der Waals surface area contributed by atoms with Gasteiger partial charge in [0.15, 0.2) is 5.96 Å². The maximum absolute atomic E-state index is 6.08. The molecule has 0 amide bonds. The molecule has 0 aliphatic heterocycles. The highest BCUT2D eigenvalue weighted by molar-refractivity contribution is 14.0. The summed E-state index contributed by atoms with van der Waals surface area (Å²) in [5.74, 6) is 1.38. The van der Waals surface area contributed by atoms with Gasteiger partial charge in [0.25, 0.3) is 0 Å². The standard InChI is InChI=1S/C16H22Cl2N6S.HI/c1-4-19-16(23-9-14-10(2)24-11(3)25-14)21-6-5-20-15-13(18)7-12(17)8-22-15;/h7-8H,4-6,9H2,1-3H3,(H,20,22)(H2,19,21,23);1H. The summed E-state index contributed by atoms with van der Waals surface area (Å²) in [5.41, 5.74) is 1.05. The largest absolute Gasteiger partial charge is 0.367 e. The molecule has 0 unspecified atom stereocenters. The highest BCUT2D eigenvalue weighted by Crippen LogP contribution is 2.22. The topological polar surface area (TPSA) is 74.2 Å². The number of anilines is 1. The molecule has 0 atom stereocenters. The summed E-state index contributed by atoms with van der Waals surface area (Å²) >= 11 is 13.6. The van der Waals surface area contributed by atoms with Crippen LogP contribution < -0.4 is 16.0 Å². The zero-order chi connectivity index (χ0) is 18.2. The molecule has 2 aromatic heterocycles. The van der Waals surface area contributed by atoms with Crippen LogP contribution in [0.5, 0.6) is 0 Å². The van der Waals surface area contributed by atoms with Crippen LogP contribution in [0.4, 0.5) is 5.82 Å². The number of pyridine rings is 1. The van der Waals surface area contributed by atoms with Gasteiger partial charge in [-0.2, -0.15) is 0 Å². The molecule has 0 radical (unpaired) electrons. The van der Waals surface area contributed by atoms with Crippen molar-refractivity contribution in [1.82, 2.24) is 20.6 Å². The van der Waals surface area contributed by atoms with Gasteiger partial charge >= 0.3 is 0 Å². The Morgan fingerprint density at radius 2 is 2.00 bits per heavy atom. The second-order valence-electron chi connectivity index (χ2n) is 5.27. The number of thiazole rings is 1. The number of aromatic nitrogens is 2. The third-order valence-corrected chi connectivity index (χ3v) is 4.79. The Bertz CT molecular complexity index is 738. The van der Waals surface area contributed by atoms with Crippen LogP contribution in [0, 0.1) is 13.8 Å². The Morgan fingerprint density at radius 1 is 1.23 bits per heavy atom. The Morgan fingerprint density at radius 3 is 2.62 bits per heavy atom. The maximum Gasteiger partial charge on any atom is 0.191 e. The van der Waals surface area contributed by atoms with Gasteiger partial charge < -0.3 is 16.0 Å². The van der Waals surface area contributed by atoms with Gasteiger partial charge in [0.2, 0.25) is 0 Å². The lowest BCUT2D eigenvalue weighted by Gasteiger charge is -2.12. The minimum absolute atomic E-state index is 0. The Hall–Kier alpha value is -0.840. The molecule has 0 saturated heterocycles. The smallest absolute Gasteiger partial charge is 0.191 e. The van der Waals surface area contributed by atoms with Crippen molar-refractivity contribution >= 4 is 70.3 Å². The predicted molar refractivity (Wildman–Crippen MR) is 123 cm³/mol. The molecule has 6 nitrogen and oxygen atoms in total. The predicted octanol–water partition coefficient (Wildman–Crippen LogP) is 4.25. The van der Waals surface area contributed by atoms with E-state index in [1.807, 2.05) is 20.8 Å². The van der Waals surface area contributed by atoms with Gasteiger partial charge in [0.1, 0.15) is 5.82 Å². The van der Waals surface area contributed by atoms with Crippen LogP contribution in [0.2, 0.25) is 10.0 Å². The van der Waals surface area contributed by atoms with E-state index < -0.39 is 0 Å². The van der Waals surface area contributed by atoms with Gasteiger partial charge in [0, 0.05) is 30.7 Å². The summed E-state index contributed by atoms with van der Waals surface area (Å²) in [7, 11) is 0. The van der Waals surface area contributed by atoms with Crippen molar-refractivity contribution in [2.24, 2.45) is 4.99 Å². The SMILES string of the molecule is CCNC(=NCc1sc(C)nc1C)NCCNc1ncc(Cl)cc1Cl.I. The number of hydrogen-bond acceptors (Lipinski definition) is 5. The highest BCUT2D eigenvalue weighted by atomic mass is 127. The minimum Gasteiger partial charge on any atom is -0.367 e. The number of rotatable bonds is 7. The Kier molecular flexibility index (Phi) is 10.5. The Balaban J connectivity index is 0.00000338. The lowest BCUT2D eigenvalue weighted by Crippen LogP contribution is -2.39. The molecule has 0 bridgehead atoms. The average Bonchev–Trinajstić information content (AvgIpc) is 2.88. The molecule has 0 aliphatic carbocycles. The Labute approximate surface area is 185 Å². The van der Waals surface area contributed by atoms with E-state index in [0.29, 0.717) is 35.5 Å². The van der Waals surface area contributed by atoms with Crippen LogP contribution in [0.3, 0.4) is 0 Å². The summed E-state index contributed by atoms with van der Waals surface area (Å²) in [6.07, 6.45) is 1.56. The fourth-order valence-electron chi connectivity index (χ4n) is 2.12. The van der Waals surface area contributed by atoms with Crippen molar-refractivity contribution in [3.8, 4) is 0 Å². The van der Waals surface area contributed by atoms with E-state index in [1.54, 1.807) is 23.6 Å². The van der Waals surface area contributed by atoms with Crippen molar-refractivity contribution in [3.05, 3.63) is 37.9 Å². The van der Waals surface area contributed by atoms with Crippen LogP contribution in [0.15, 0.2) is 17.3 Å². The number of aliphatic imine (C=N–C) groups is 1. The minimum atomic E-state index is 0. The number of guanidine groups is 1. The summed E-state index contributed by atoms with van der Waals surface area (Å²) in [6, 6.07) is 1.66. The van der Waals surface area contributed by atoms with Gasteiger partial charge in [-0.05, 0) is 26.8 Å². The molecule has 0 saturated carbocycles. The van der Waals surface area contributed by atoms with Crippen molar-refractivity contribution in [1.29, 1.82) is 0 Å². The van der Waals surface area contributed by atoms with Crippen molar-refractivity contribution in [3.63, 3.8) is 0 Å². The third-order valence-electron chi connectivity index (χ3n) is 3.24. The lowest BCUT2D eigenvalue weighted by molar-refractivity contribution is 0.819. The zero-order valence-corrected chi connectivity index (χ0v) is 19.6. The number of hydrogen-bond donors (Lipinski definition) is 3. The van der Waals surface area contributed by atoms with Crippen molar-refractivity contribution in [2.45, 2.75) is 27.3 Å². The summed E-state index contributed by atoms with van der Waals surface area (Å²) < 4.78 is 0. The van der Waals surface area contributed by atoms with Gasteiger partial charge in [-0.3, -0.25) is 0 Å². The van der Waals surface area contributed by atoms with E-state index in [4.69, 9.17) is 23.2 Å². The number of halogens is 3. The zero-order valence-electron chi connectivity index (χ0n) is 14.9. The van der Waals surface area contributed by atoms with E-state index in [2.05, 4.69) is 30.9 Å². The summed E-state index contributed by atoms with van der Waals surface area (Å²) in [5, 5.41) is 11.8. The van der Waals surface area contributed by atoms with E-state index in [-0.39, 0.29) is 24.0 Å². The first kappa shape index (κ1) is 23.2. The first-order chi connectivity index (χ1) is 12.0. The first-order valence-electron chi connectivity index (χ1n) is 7.99. The molecule has 0 spiro atoms. The molecular formula is C16H23Cl2IN6S. The number of nitrogens with zero attached hydrogens (tertiary/aromatic N) is 3. The normalized spacial score (nSPS) is 11.0. The second kappa shape index (κ2) is 11.8. The van der Waals surface area contributed by atoms with Crippen LogP contribution in [0.1, 0.15) is 22.5 Å². The van der Waals surface area contributed by atoms with Crippen LogP contribution in [0.25, 0.3) is 0 Å². The van der Waals surface area contributed by atoms with E-state index in [1.165, 1.54) is 4.88 Å². The molecule has 26 heavy (non-hydrogen) atoms. The molecule has 2 heterocycles. The lowest BCUT2D eigenvalue weighted by atomic mass is 10.4. The monoisotopic (exact) mass is 528 g/mol. The van der Waals surface area contributed by atoms with E-state index in [0.717, 1.165) is 23.2 Å². The summed E-state index contributed by atoms with van der Waals surface area (Å²) in [6.45, 7) is 8.80. The maximum atomic E-state index is 6.08. The number of aryl methyl sites for hydroxylation is 2. The van der Waals surface area contributed by atoms with Crippen LogP contribution >= 0.6 is 58.5 Å². The molecule has 0 aromatic carbocycles. The molecule has 3 N–H and O–H groups in total. The van der Waals surface area contributed by atoms with Gasteiger partial charge in [-0.15, -0.1) is 35.3 Å². The fourth-order valence-corrected chi connectivity index (χ4v) is 3.43. The third kappa shape index (κ3) is 7.42. The molecule has 2 aromatic rings. The van der Waals surface area contributed by atoms with Crippen LogP contribution in [-0.4, -0.2) is 35.6 Å². The average molecular weight is 529 g/mol. The van der Waals surface area contributed by atoms with Crippen molar-refractivity contribution in [2.75, 3.05) is 25.0 Å². The summed E-state index contributed by atoms with van der Waals surface area (Å²) in [4.78, 5) is 14.4. The van der Waals surface area contributed by atoms with Gasteiger partial charge in [0.05, 0.1) is 27.3 Å². The highest BCUT2D eigenvalue weighted by Gasteiger charge is 2.05. The molecule has 0 fully saturated rings. The molecule has 144 valence electrons. The van der Waals surface area contributed by atoms with Gasteiger partial charge in [-0.1, -0.05) is 23.2 Å². The number of nitrogens with one attached hydrogen (secondary N) is 3.